The standard InChI is InChI=1S/C14H17ClN2O3/c1-3-9(2)16-13(18)6-7-17-11-5-4-10(15)8-12(11)20-14(17)19/h4-5,8-9H,3,6-7H2,1-2H3,(H,16,18)/t9-/m1/s1. The highest BCUT2D eigenvalue weighted by Gasteiger charge is 2.12. The van der Waals surface area contributed by atoms with Crippen LogP contribution < -0.4 is 11.1 Å². The van der Waals surface area contributed by atoms with E-state index in [0.717, 1.165) is 6.42 Å². The van der Waals surface area contributed by atoms with Crippen LogP contribution in [-0.4, -0.2) is 16.5 Å². The molecule has 1 amide bonds. The van der Waals surface area contributed by atoms with Crippen molar-refractivity contribution < 1.29 is 9.21 Å². The van der Waals surface area contributed by atoms with Crippen molar-refractivity contribution in [2.75, 3.05) is 0 Å². The molecule has 0 fully saturated rings. The van der Waals surface area contributed by atoms with Crippen LogP contribution in [0.1, 0.15) is 26.7 Å². The Hall–Kier alpha value is -1.75. The van der Waals surface area contributed by atoms with Crippen molar-refractivity contribution in [2.45, 2.75) is 39.3 Å². The molecule has 0 aliphatic heterocycles. The second-order valence-corrected chi connectivity index (χ2v) is 5.19. The molecule has 2 rings (SSSR count). The third kappa shape index (κ3) is 3.22. The Morgan fingerprint density at radius 2 is 2.25 bits per heavy atom. The predicted octanol–water partition coefficient (Wildman–Crippen LogP) is 2.55. The number of aryl methyl sites for hydroxylation is 1. The highest BCUT2D eigenvalue weighted by Crippen LogP contribution is 2.18. The molecule has 1 aromatic heterocycles. The summed E-state index contributed by atoms with van der Waals surface area (Å²) in [6.45, 7) is 4.23. The number of halogens is 1. The number of oxazole rings is 1. The normalized spacial score (nSPS) is 12.6. The zero-order valence-corrected chi connectivity index (χ0v) is 12.2. The average Bonchev–Trinajstić information content (AvgIpc) is 2.70. The van der Waals surface area contributed by atoms with Gasteiger partial charge in [0.15, 0.2) is 5.58 Å². The van der Waals surface area contributed by atoms with Crippen molar-refractivity contribution in [3.05, 3.63) is 33.8 Å². The fraction of sp³-hybridized carbons (Fsp3) is 0.429. The van der Waals surface area contributed by atoms with Gasteiger partial charge in [0.2, 0.25) is 5.91 Å². The molecule has 1 heterocycles. The smallest absolute Gasteiger partial charge is 0.408 e. The van der Waals surface area contributed by atoms with Crippen LogP contribution in [0.4, 0.5) is 0 Å². The summed E-state index contributed by atoms with van der Waals surface area (Å²) in [5.41, 5.74) is 1.08. The van der Waals surface area contributed by atoms with Gasteiger partial charge in [0.1, 0.15) is 0 Å². The second kappa shape index (κ2) is 6.13. The summed E-state index contributed by atoms with van der Waals surface area (Å²) in [6.07, 6.45) is 1.11. The highest BCUT2D eigenvalue weighted by atomic mass is 35.5. The Labute approximate surface area is 121 Å². The molecule has 0 saturated carbocycles. The summed E-state index contributed by atoms with van der Waals surface area (Å²) in [6, 6.07) is 5.14. The van der Waals surface area contributed by atoms with Gasteiger partial charge < -0.3 is 9.73 Å². The fourth-order valence-corrected chi connectivity index (χ4v) is 2.08. The van der Waals surface area contributed by atoms with Crippen LogP contribution in [0.15, 0.2) is 27.4 Å². The summed E-state index contributed by atoms with van der Waals surface area (Å²) in [5, 5.41) is 3.37. The minimum absolute atomic E-state index is 0.0745. The number of aromatic nitrogens is 1. The van der Waals surface area contributed by atoms with Crippen LogP contribution in [-0.2, 0) is 11.3 Å². The number of carbonyl (C=O) groups excluding carboxylic acids is 1. The molecule has 108 valence electrons. The van der Waals surface area contributed by atoms with Crippen molar-refractivity contribution in [2.24, 2.45) is 0 Å². The van der Waals surface area contributed by atoms with Gasteiger partial charge in [0, 0.05) is 30.1 Å². The number of hydrogen-bond acceptors (Lipinski definition) is 3. The summed E-state index contributed by atoms with van der Waals surface area (Å²) in [4.78, 5) is 23.5. The van der Waals surface area contributed by atoms with Gasteiger partial charge >= 0.3 is 5.76 Å². The minimum atomic E-state index is -0.474. The third-order valence-corrected chi connectivity index (χ3v) is 3.45. The van der Waals surface area contributed by atoms with Crippen molar-refractivity contribution >= 4 is 28.6 Å². The predicted molar refractivity (Wildman–Crippen MR) is 78.0 cm³/mol. The van der Waals surface area contributed by atoms with Crippen LogP contribution in [0.25, 0.3) is 11.1 Å². The van der Waals surface area contributed by atoms with E-state index in [4.69, 9.17) is 16.0 Å². The molecule has 1 N–H and O–H groups in total. The van der Waals surface area contributed by atoms with Gasteiger partial charge in [-0.2, -0.15) is 0 Å². The largest absolute Gasteiger partial charge is 0.419 e. The number of nitrogens with zero attached hydrogens (tertiary/aromatic N) is 1. The molecule has 1 atom stereocenters. The topological polar surface area (TPSA) is 64.2 Å². The monoisotopic (exact) mass is 296 g/mol. The second-order valence-electron chi connectivity index (χ2n) is 4.76. The number of benzene rings is 1. The van der Waals surface area contributed by atoms with E-state index in [2.05, 4.69) is 5.32 Å². The van der Waals surface area contributed by atoms with E-state index in [9.17, 15) is 9.59 Å². The lowest BCUT2D eigenvalue weighted by molar-refractivity contribution is -0.121. The Balaban J connectivity index is 2.12. The Morgan fingerprint density at radius 1 is 1.50 bits per heavy atom. The maximum absolute atomic E-state index is 11.8. The first-order chi connectivity index (χ1) is 9.51. The summed E-state index contributed by atoms with van der Waals surface area (Å²) < 4.78 is 6.55. The van der Waals surface area contributed by atoms with Crippen LogP contribution >= 0.6 is 11.6 Å². The number of fused-ring (bicyclic) bond motifs is 1. The molecule has 0 aliphatic rings. The molecular formula is C14H17ClN2O3. The van der Waals surface area contributed by atoms with E-state index in [1.165, 1.54) is 4.57 Å². The number of carbonyl (C=O) groups is 1. The Bertz CT molecular complexity index is 675. The van der Waals surface area contributed by atoms with E-state index in [0.29, 0.717) is 16.1 Å². The van der Waals surface area contributed by atoms with Crippen LogP contribution in [0.3, 0.4) is 0 Å². The average molecular weight is 297 g/mol. The Kier molecular flexibility index (Phi) is 4.49. The van der Waals surface area contributed by atoms with Crippen molar-refractivity contribution in [1.29, 1.82) is 0 Å². The van der Waals surface area contributed by atoms with Crippen LogP contribution in [0.2, 0.25) is 5.02 Å². The number of hydrogen-bond donors (Lipinski definition) is 1. The zero-order valence-electron chi connectivity index (χ0n) is 11.5. The summed E-state index contributed by atoms with van der Waals surface area (Å²) >= 11 is 5.85. The van der Waals surface area contributed by atoms with Crippen molar-refractivity contribution in [3.8, 4) is 0 Å². The molecule has 0 aliphatic carbocycles. The van der Waals surface area contributed by atoms with Gasteiger partial charge in [-0.05, 0) is 25.5 Å². The van der Waals surface area contributed by atoms with Crippen molar-refractivity contribution in [3.63, 3.8) is 0 Å². The summed E-state index contributed by atoms with van der Waals surface area (Å²) in [7, 11) is 0. The van der Waals surface area contributed by atoms with Gasteiger partial charge in [0.05, 0.1) is 5.52 Å². The molecular weight excluding hydrogens is 280 g/mol. The maximum Gasteiger partial charge on any atom is 0.419 e. The number of rotatable bonds is 5. The van der Waals surface area contributed by atoms with E-state index in [1.807, 2.05) is 13.8 Å². The molecule has 1 aromatic carbocycles. The molecule has 0 bridgehead atoms. The molecule has 2 aromatic rings. The zero-order chi connectivity index (χ0) is 14.7. The van der Waals surface area contributed by atoms with E-state index < -0.39 is 5.76 Å². The van der Waals surface area contributed by atoms with Gasteiger partial charge in [-0.3, -0.25) is 9.36 Å². The van der Waals surface area contributed by atoms with Crippen LogP contribution in [0.5, 0.6) is 0 Å². The van der Waals surface area contributed by atoms with E-state index >= 15 is 0 Å². The van der Waals surface area contributed by atoms with E-state index in [1.54, 1.807) is 18.2 Å². The quantitative estimate of drug-likeness (QED) is 0.922. The number of nitrogens with one attached hydrogen (secondary N) is 1. The lowest BCUT2D eigenvalue weighted by Gasteiger charge is -2.11. The molecule has 0 spiro atoms. The summed E-state index contributed by atoms with van der Waals surface area (Å²) in [5.74, 6) is -0.548. The van der Waals surface area contributed by atoms with Gasteiger partial charge in [-0.15, -0.1) is 0 Å². The first-order valence-electron chi connectivity index (χ1n) is 6.59. The molecule has 5 nitrogen and oxygen atoms in total. The van der Waals surface area contributed by atoms with Gasteiger partial charge in [-0.1, -0.05) is 18.5 Å². The third-order valence-electron chi connectivity index (χ3n) is 3.21. The first-order valence-corrected chi connectivity index (χ1v) is 6.97. The Morgan fingerprint density at radius 3 is 2.95 bits per heavy atom. The number of amides is 1. The first kappa shape index (κ1) is 14.7. The highest BCUT2D eigenvalue weighted by molar-refractivity contribution is 6.31. The van der Waals surface area contributed by atoms with Gasteiger partial charge in [-0.25, -0.2) is 4.79 Å². The minimum Gasteiger partial charge on any atom is -0.408 e. The SMILES string of the molecule is CC[C@@H](C)NC(=O)CCn1c(=O)oc2cc(Cl)ccc21. The van der Waals surface area contributed by atoms with Crippen molar-refractivity contribution in [1.82, 2.24) is 9.88 Å². The lowest BCUT2D eigenvalue weighted by atomic mass is 10.2. The van der Waals surface area contributed by atoms with Crippen LogP contribution in [0, 0.1) is 0 Å². The molecule has 6 heteroatoms. The van der Waals surface area contributed by atoms with Gasteiger partial charge in [0.25, 0.3) is 0 Å². The molecule has 0 saturated heterocycles. The fourth-order valence-electron chi connectivity index (χ4n) is 1.91. The molecule has 0 unspecified atom stereocenters. The molecule has 20 heavy (non-hydrogen) atoms. The van der Waals surface area contributed by atoms with E-state index in [-0.39, 0.29) is 24.9 Å². The lowest BCUT2D eigenvalue weighted by Crippen LogP contribution is -2.33. The molecule has 0 radical (unpaired) electrons. The maximum atomic E-state index is 11.8.